The Kier molecular flexibility index (Phi) is 4.29. The molecule has 1 aromatic carbocycles. The molecular formula is C13H18F2N2O2S. The molecule has 1 fully saturated rings. The van der Waals surface area contributed by atoms with Gasteiger partial charge < -0.3 is 5.73 Å². The molecule has 0 saturated heterocycles. The molecule has 0 bridgehead atoms. The predicted octanol–water partition coefficient (Wildman–Crippen LogP) is 2.40. The number of hydrogen-bond donors (Lipinski definition) is 2. The van der Waals surface area contributed by atoms with Crippen LogP contribution in [-0.4, -0.2) is 14.5 Å². The lowest BCUT2D eigenvalue weighted by molar-refractivity contribution is 0.327. The monoisotopic (exact) mass is 304 g/mol. The van der Waals surface area contributed by atoms with Gasteiger partial charge in [-0.15, -0.1) is 0 Å². The van der Waals surface area contributed by atoms with E-state index in [-0.39, 0.29) is 11.7 Å². The van der Waals surface area contributed by atoms with E-state index in [9.17, 15) is 17.2 Å². The molecule has 2 atom stereocenters. The van der Waals surface area contributed by atoms with Crippen molar-refractivity contribution in [2.45, 2.75) is 43.5 Å². The summed E-state index contributed by atoms with van der Waals surface area (Å²) >= 11 is 0. The minimum absolute atomic E-state index is 0.213. The Morgan fingerprint density at radius 3 is 2.60 bits per heavy atom. The smallest absolute Gasteiger partial charge is 0.243 e. The maximum atomic E-state index is 13.6. The van der Waals surface area contributed by atoms with Crippen LogP contribution in [0.25, 0.3) is 0 Å². The van der Waals surface area contributed by atoms with Gasteiger partial charge in [-0.05, 0) is 24.8 Å². The molecule has 0 aromatic heterocycles. The highest BCUT2D eigenvalue weighted by Gasteiger charge is 2.27. The fraction of sp³-hybridized carbons (Fsp3) is 0.538. The molecule has 0 heterocycles. The van der Waals surface area contributed by atoms with Crippen molar-refractivity contribution < 1.29 is 17.2 Å². The van der Waals surface area contributed by atoms with Crippen LogP contribution < -0.4 is 10.5 Å². The summed E-state index contributed by atoms with van der Waals surface area (Å²) in [7, 11) is -4.02. The number of nitrogen functional groups attached to an aromatic ring is 1. The van der Waals surface area contributed by atoms with E-state index in [0.29, 0.717) is 12.0 Å². The second kappa shape index (κ2) is 5.65. The van der Waals surface area contributed by atoms with E-state index in [4.69, 9.17) is 5.73 Å². The van der Waals surface area contributed by atoms with Gasteiger partial charge in [0.25, 0.3) is 0 Å². The molecule has 7 heteroatoms. The highest BCUT2D eigenvalue weighted by atomic mass is 32.2. The lowest BCUT2D eigenvalue weighted by Gasteiger charge is -2.27. The van der Waals surface area contributed by atoms with Crippen molar-refractivity contribution in [1.29, 1.82) is 0 Å². The first-order valence-corrected chi connectivity index (χ1v) is 8.05. The maximum absolute atomic E-state index is 13.6. The maximum Gasteiger partial charge on any atom is 0.243 e. The number of sulfonamides is 1. The zero-order valence-corrected chi connectivity index (χ0v) is 12.0. The summed E-state index contributed by atoms with van der Waals surface area (Å²) in [6, 6.07) is 1.10. The number of nitrogens with two attached hydrogens (primary N) is 1. The van der Waals surface area contributed by atoms with Crippen molar-refractivity contribution >= 4 is 15.7 Å². The molecule has 0 aliphatic heterocycles. The van der Waals surface area contributed by atoms with Crippen molar-refractivity contribution in [1.82, 2.24) is 4.72 Å². The van der Waals surface area contributed by atoms with Crippen LogP contribution in [0.4, 0.5) is 14.5 Å². The SMILES string of the molecule is CC1CCCC(NS(=O)(=O)c2cc(N)c(F)cc2F)C1. The lowest BCUT2D eigenvalue weighted by Crippen LogP contribution is -2.38. The molecule has 112 valence electrons. The van der Waals surface area contributed by atoms with Crippen LogP contribution in [0.2, 0.25) is 0 Å². The quantitative estimate of drug-likeness (QED) is 0.842. The van der Waals surface area contributed by atoms with Crippen molar-refractivity contribution in [2.75, 3.05) is 5.73 Å². The van der Waals surface area contributed by atoms with Crippen molar-refractivity contribution in [3.63, 3.8) is 0 Å². The van der Waals surface area contributed by atoms with Gasteiger partial charge in [-0.25, -0.2) is 21.9 Å². The molecule has 3 N–H and O–H groups in total. The second-order valence-electron chi connectivity index (χ2n) is 5.39. The van der Waals surface area contributed by atoms with Gasteiger partial charge in [0, 0.05) is 12.1 Å². The highest BCUT2D eigenvalue weighted by Crippen LogP contribution is 2.26. The Bertz CT molecular complexity index is 605. The van der Waals surface area contributed by atoms with E-state index in [1.165, 1.54) is 0 Å². The van der Waals surface area contributed by atoms with Crippen LogP contribution >= 0.6 is 0 Å². The van der Waals surface area contributed by atoms with Gasteiger partial charge in [0.1, 0.15) is 16.5 Å². The summed E-state index contributed by atoms with van der Waals surface area (Å²) in [6.07, 6.45) is 3.44. The van der Waals surface area contributed by atoms with E-state index >= 15 is 0 Å². The fourth-order valence-electron chi connectivity index (χ4n) is 2.57. The van der Waals surface area contributed by atoms with Gasteiger partial charge in [-0.2, -0.15) is 0 Å². The van der Waals surface area contributed by atoms with Crippen LogP contribution in [0, 0.1) is 17.6 Å². The molecule has 2 unspecified atom stereocenters. The number of rotatable bonds is 3. The Balaban J connectivity index is 2.24. The standard InChI is InChI=1S/C13H18F2N2O2S/c1-8-3-2-4-9(5-8)17-20(18,19)13-7-12(16)10(14)6-11(13)15/h6-9,17H,2-5,16H2,1H3. The van der Waals surface area contributed by atoms with Crippen LogP contribution in [0.3, 0.4) is 0 Å². The number of benzene rings is 1. The van der Waals surface area contributed by atoms with E-state index in [2.05, 4.69) is 11.6 Å². The molecule has 1 aromatic rings. The number of halogens is 2. The lowest BCUT2D eigenvalue weighted by atomic mass is 9.88. The summed E-state index contributed by atoms with van der Waals surface area (Å²) < 4.78 is 53.5. The molecule has 0 radical (unpaired) electrons. The third kappa shape index (κ3) is 3.27. The molecule has 4 nitrogen and oxygen atoms in total. The van der Waals surface area contributed by atoms with Gasteiger partial charge >= 0.3 is 0 Å². The zero-order valence-electron chi connectivity index (χ0n) is 11.2. The van der Waals surface area contributed by atoms with E-state index in [1.807, 2.05) is 0 Å². The van der Waals surface area contributed by atoms with E-state index in [0.717, 1.165) is 31.7 Å². The number of hydrogen-bond acceptors (Lipinski definition) is 3. The van der Waals surface area contributed by atoms with Crippen LogP contribution in [-0.2, 0) is 10.0 Å². The first kappa shape index (κ1) is 15.2. The van der Waals surface area contributed by atoms with Gasteiger partial charge in [0.2, 0.25) is 10.0 Å². The first-order valence-electron chi connectivity index (χ1n) is 6.56. The van der Waals surface area contributed by atoms with Crippen molar-refractivity contribution in [2.24, 2.45) is 5.92 Å². The Labute approximate surface area is 117 Å². The van der Waals surface area contributed by atoms with Crippen LogP contribution in [0.1, 0.15) is 32.6 Å². The molecule has 1 saturated carbocycles. The topological polar surface area (TPSA) is 72.2 Å². The van der Waals surface area contributed by atoms with E-state index < -0.39 is 26.6 Å². The molecule has 0 amide bonds. The van der Waals surface area contributed by atoms with Crippen molar-refractivity contribution in [3.8, 4) is 0 Å². The summed E-state index contributed by atoms with van der Waals surface area (Å²) in [5.74, 6) is -1.67. The summed E-state index contributed by atoms with van der Waals surface area (Å²) in [5.41, 5.74) is 4.92. The Morgan fingerprint density at radius 2 is 1.95 bits per heavy atom. The van der Waals surface area contributed by atoms with Gasteiger partial charge in [0.15, 0.2) is 0 Å². The number of anilines is 1. The average Bonchev–Trinajstić information content (AvgIpc) is 2.33. The average molecular weight is 304 g/mol. The molecular weight excluding hydrogens is 286 g/mol. The molecule has 1 aliphatic rings. The molecule has 1 aliphatic carbocycles. The first-order chi connectivity index (χ1) is 9.29. The zero-order chi connectivity index (χ0) is 14.9. The van der Waals surface area contributed by atoms with Crippen molar-refractivity contribution in [3.05, 3.63) is 23.8 Å². The third-order valence-corrected chi connectivity index (χ3v) is 5.13. The summed E-state index contributed by atoms with van der Waals surface area (Å²) in [5, 5.41) is 0. The van der Waals surface area contributed by atoms with E-state index in [1.54, 1.807) is 0 Å². The molecule has 2 rings (SSSR count). The Morgan fingerprint density at radius 1 is 1.25 bits per heavy atom. The van der Waals surface area contributed by atoms with Gasteiger partial charge in [0.05, 0.1) is 5.69 Å². The molecule has 20 heavy (non-hydrogen) atoms. The number of nitrogens with one attached hydrogen (secondary N) is 1. The minimum atomic E-state index is -4.02. The summed E-state index contributed by atoms with van der Waals surface area (Å²) in [6.45, 7) is 2.05. The van der Waals surface area contributed by atoms with Gasteiger partial charge in [-0.1, -0.05) is 19.8 Å². The largest absolute Gasteiger partial charge is 0.396 e. The van der Waals surface area contributed by atoms with Crippen LogP contribution in [0.5, 0.6) is 0 Å². The highest BCUT2D eigenvalue weighted by molar-refractivity contribution is 7.89. The minimum Gasteiger partial charge on any atom is -0.396 e. The fourth-order valence-corrected chi connectivity index (χ4v) is 3.95. The summed E-state index contributed by atoms with van der Waals surface area (Å²) in [4.78, 5) is -0.602. The van der Waals surface area contributed by atoms with Crippen LogP contribution in [0.15, 0.2) is 17.0 Å². The predicted molar refractivity (Wildman–Crippen MR) is 72.5 cm³/mol. The Hall–Kier alpha value is -1.21. The molecule has 0 spiro atoms. The normalized spacial score (nSPS) is 23.8. The third-order valence-electron chi connectivity index (χ3n) is 3.60. The van der Waals surface area contributed by atoms with Gasteiger partial charge in [-0.3, -0.25) is 0 Å². The second-order valence-corrected chi connectivity index (χ2v) is 7.08.